The van der Waals surface area contributed by atoms with Crippen molar-refractivity contribution in [2.45, 2.75) is 19.4 Å². The van der Waals surface area contributed by atoms with Crippen molar-refractivity contribution in [3.05, 3.63) is 60.2 Å². The van der Waals surface area contributed by atoms with E-state index < -0.39 is 6.10 Å². The molecule has 0 amide bonds. The number of furan rings is 1. The van der Waals surface area contributed by atoms with Gasteiger partial charge in [-0.3, -0.25) is 4.99 Å². The third-order valence-corrected chi connectivity index (χ3v) is 4.00. The molecular weight excluding hydrogens is 443 g/mol. The van der Waals surface area contributed by atoms with Gasteiger partial charge in [0.2, 0.25) is 0 Å². The van der Waals surface area contributed by atoms with E-state index in [0.717, 1.165) is 25.0 Å². The van der Waals surface area contributed by atoms with Crippen LogP contribution in [0.2, 0.25) is 0 Å². The summed E-state index contributed by atoms with van der Waals surface area (Å²) in [5.74, 6) is 1.21. The molecule has 6 nitrogen and oxygen atoms in total. The van der Waals surface area contributed by atoms with E-state index in [2.05, 4.69) is 45.0 Å². The van der Waals surface area contributed by atoms with E-state index in [-0.39, 0.29) is 30.5 Å². The van der Waals surface area contributed by atoms with Gasteiger partial charge in [-0.15, -0.1) is 24.0 Å². The van der Waals surface area contributed by atoms with E-state index in [4.69, 9.17) is 4.42 Å². The van der Waals surface area contributed by atoms with Crippen molar-refractivity contribution >= 4 is 40.8 Å². The minimum absolute atomic E-state index is 0. The highest BCUT2D eigenvalue weighted by Crippen LogP contribution is 2.17. The number of aliphatic hydroxyl groups is 1. The van der Waals surface area contributed by atoms with Gasteiger partial charge >= 0.3 is 0 Å². The molecule has 0 saturated heterocycles. The predicted octanol–water partition coefficient (Wildman–Crippen LogP) is 3.21. The number of nitrogens with zero attached hydrogens (tertiary/aromatic N) is 1. The summed E-state index contributed by atoms with van der Waals surface area (Å²) in [6.07, 6.45) is 3.75. The summed E-state index contributed by atoms with van der Waals surface area (Å²) in [7, 11) is 0. The second kappa shape index (κ2) is 10.2. The monoisotopic (exact) mass is 468 g/mol. The molecule has 1 atom stereocenters. The average molecular weight is 468 g/mol. The standard InChI is InChI=1S/C19H24N4O2.HI/c1-2-20-19(23-13-17(24)18-8-5-11-25-18)21-10-9-14-12-22-16-7-4-3-6-15(14)16;/h3-8,11-12,17,22,24H,2,9-10,13H2,1H3,(H2,20,21,23);1H. The number of aromatic amines is 1. The normalized spacial score (nSPS) is 12.6. The first-order valence-corrected chi connectivity index (χ1v) is 8.56. The third kappa shape index (κ3) is 5.25. The molecule has 2 heterocycles. The average Bonchev–Trinajstić information content (AvgIpc) is 3.30. The number of hydrogen-bond donors (Lipinski definition) is 4. The molecule has 0 spiro atoms. The fourth-order valence-electron chi connectivity index (χ4n) is 2.74. The van der Waals surface area contributed by atoms with Crippen LogP contribution in [0, 0.1) is 0 Å². The highest BCUT2D eigenvalue weighted by molar-refractivity contribution is 14.0. The topological polar surface area (TPSA) is 85.6 Å². The number of para-hydroxylation sites is 1. The van der Waals surface area contributed by atoms with Gasteiger partial charge in [0.05, 0.1) is 12.8 Å². The Morgan fingerprint density at radius 1 is 1.23 bits per heavy atom. The summed E-state index contributed by atoms with van der Waals surface area (Å²) < 4.78 is 5.19. The van der Waals surface area contributed by atoms with Crippen LogP contribution in [0.1, 0.15) is 24.4 Å². The van der Waals surface area contributed by atoms with Gasteiger partial charge in [0, 0.05) is 30.2 Å². The number of aromatic nitrogens is 1. The van der Waals surface area contributed by atoms with Crippen molar-refractivity contribution in [1.29, 1.82) is 0 Å². The summed E-state index contributed by atoms with van der Waals surface area (Å²) in [6, 6.07) is 11.8. The molecule has 0 saturated carbocycles. The minimum atomic E-state index is -0.737. The zero-order valence-corrected chi connectivity index (χ0v) is 17.1. The molecule has 7 heteroatoms. The zero-order chi connectivity index (χ0) is 17.5. The van der Waals surface area contributed by atoms with Crippen molar-refractivity contribution < 1.29 is 9.52 Å². The molecule has 0 radical (unpaired) electrons. The number of hydrogen-bond acceptors (Lipinski definition) is 3. The highest BCUT2D eigenvalue weighted by atomic mass is 127. The Morgan fingerprint density at radius 3 is 2.85 bits per heavy atom. The Balaban J connectivity index is 0.00000243. The van der Waals surface area contributed by atoms with Crippen LogP contribution >= 0.6 is 24.0 Å². The van der Waals surface area contributed by atoms with Crippen LogP contribution in [-0.4, -0.2) is 35.7 Å². The number of H-pyrrole nitrogens is 1. The van der Waals surface area contributed by atoms with Gasteiger partial charge in [0.1, 0.15) is 11.9 Å². The maximum absolute atomic E-state index is 10.1. The number of halogens is 1. The third-order valence-electron chi connectivity index (χ3n) is 4.00. The lowest BCUT2D eigenvalue weighted by molar-refractivity contribution is 0.158. The number of aliphatic imine (C=N–C) groups is 1. The maximum atomic E-state index is 10.1. The van der Waals surface area contributed by atoms with Crippen molar-refractivity contribution in [1.82, 2.24) is 15.6 Å². The van der Waals surface area contributed by atoms with Crippen molar-refractivity contribution in [2.75, 3.05) is 19.6 Å². The molecule has 0 aliphatic rings. The first kappa shape index (κ1) is 20.3. The van der Waals surface area contributed by atoms with Crippen molar-refractivity contribution in [3.8, 4) is 0 Å². The fourth-order valence-corrected chi connectivity index (χ4v) is 2.74. The summed E-state index contributed by atoms with van der Waals surface area (Å²) in [4.78, 5) is 7.72. The van der Waals surface area contributed by atoms with Gasteiger partial charge in [0.15, 0.2) is 5.96 Å². The Labute approximate surface area is 170 Å². The highest BCUT2D eigenvalue weighted by Gasteiger charge is 2.10. The van der Waals surface area contributed by atoms with Gasteiger partial charge in [-0.2, -0.15) is 0 Å². The second-order valence-electron chi connectivity index (χ2n) is 5.79. The summed E-state index contributed by atoms with van der Waals surface area (Å²) in [6.45, 7) is 3.77. The summed E-state index contributed by atoms with van der Waals surface area (Å²) >= 11 is 0. The van der Waals surface area contributed by atoms with Crippen LogP contribution < -0.4 is 10.6 Å². The number of guanidine groups is 1. The number of aliphatic hydroxyl groups excluding tert-OH is 1. The van der Waals surface area contributed by atoms with E-state index >= 15 is 0 Å². The molecule has 0 aliphatic heterocycles. The molecule has 3 aromatic rings. The van der Waals surface area contributed by atoms with Gasteiger partial charge in [-0.1, -0.05) is 18.2 Å². The molecule has 1 unspecified atom stereocenters. The van der Waals surface area contributed by atoms with Crippen LogP contribution in [-0.2, 0) is 6.42 Å². The van der Waals surface area contributed by atoms with Crippen LogP contribution in [0.4, 0.5) is 0 Å². The van der Waals surface area contributed by atoms with Crippen LogP contribution in [0.3, 0.4) is 0 Å². The SMILES string of the molecule is CCNC(=NCC(O)c1ccco1)NCCc1c[nH]c2ccccc12.I. The van der Waals surface area contributed by atoms with Crippen molar-refractivity contribution in [2.24, 2.45) is 4.99 Å². The van der Waals surface area contributed by atoms with Crippen LogP contribution in [0.25, 0.3) is 10.9 Å². The first-order chi connectivity index (χ1) is 12.3. The molecular formula is C19H25IN4O2. The van der Waals surface area contributed by atoms with Crippen LogP contribution in [0.15, 0.2) is 58.3 Å². The minimum Gasteiger partial charge on any atom is -0.467 e. The lowest BCUT2D eigenvalue weighted by Crippen LogP contribution is -2.38. The van der Waals surface area contributed by atoms with E-state index in [1.165, 1.54) is 10.9 Å². The van der Waals surface area contributed by atoms with Crippen LogP contribution in [0.5, 0.6) is 0 Å². The largest absolute Gasteiger partial charge is 0.467 e. The van der Waals surface area contributed by atoms with Gasteiger partial charge in [-0.25, -0.2) is 0 Å². The molecule has 140 valence electrons. The maximum Gasteiger partial charge on any atom is 0.191 e. The van der Waals surface area contributed by atoms with E-state index in [9.17, 15) is 5.11 Å². The molecule has 26 heavy (non-hydrogen) atoms. The Hall–Kier alpha value is -2.00. The molecule has 4 N–H and O–H groups in total. The first-order valence-electron chi connectivity index (χ1n) is 8.56. The smallest absolute Gasteiger partial charge is 0.191 e. The number of fused-ring (bicyclic) bond motifs is 1. The Kier molecular flexibility index (Phi) is 7.99. The second-order valence-corrected chi connectivity index (χ2v) is 5.79. The quantitative estimate of drug-likeness (QED) is 0.244. The lowest BCUT2D eigenvalue weighted by atomic mass is 10.1. The van der Waals surface area contributed by atoms with E-state index in [0.29, 0.717) is 11.7 Å². The zero-order valence-electron chi connectivity index (χ0n) is 14.7. The van der Waals surface area contributed by atoms with E-state index in [1.54, 1.807) is 18.4 Å². The molecule has 1 aromatic carbocycles. The van der Waals surface area contributed by atoms with Crippen molar-refractivity contribution in [3.63, 3.8) is 0 Å². The number of benzene rings is 1. The number of nitrogens with one attached hydrogen (secondary N) is 3. The lowest BCUT2D eigenvalue weighted by Gasteiger charge is -2.12. The van der Waals surface area contributed by atoms with Gasteiger partial charge in [0.25, 0.3) is 0 Å². The fraction of sp³-hybridized carbons (Fsp3) is 0.316. The van der Waals surface area contributed by atoms with E-state index in [1.807, 2.05) is 13.0 Å². The molecule has 0 aliphatic carbocycles. The molecule has 2 aromatic heterocycles. The van der Waals surface area contributed by atoms with Gasteiger partial charge in [-0.05, 0) is 37.1 Å². The predicted molar refractivity (Wildman–Crippen MR) is 115 cm³/mol. The summed E-state index contributed by atoms with van der Waals surface area (Å²) in [5.41, 5.74) is 2.43. The summed E-state index contributed by atoms with van der Waals surface area (Å²) in [5, 5.41) is 17.8. The molecule has 0 bridgehead atoms. The molecule has 0 fully saturated rings. The Bertz CT molecular complexity index is 814. The molecule has 3 rings (SSSR count). The number of rotatable bonds is 7. The Morgan fingerprint density at radius 2 is 2.08 bits per heavy atom. The van der Waals surface area contributed by atoms with Gasteiger partial charge < -0.3 is 25.1 Å².